The molecule has 0 spiro atoms. The number of nitrogens with zero attached hydrogens (tertiary/aromatic N) is 1. The Bertz CT molecular complexity index is 847. The number of hydrogen-bond donors (Lipinski definition) is 2. The summed E-state index contributed by atoms with van der Waals surface area (Å²) in [6.45, 7) is 0.363. The van der Waals surface area contributed by atoms with Gasteiger partial charge in [0.05, 0.1) is 17.5 Å². The highest BCUT2D eigenvalue weighted by Gasteiger charge is 2.15. The fourth-order valence-corrected chi connectivity index (χ4v) is 2.84. The highest BCUT2D eigenvalue weighted by atomic mass is 79.9. The maximum atomic E-state index is 12.4. The van der Waals surface area contributed by atoms with Gasteiger partial charge in [0.15, 0.2) is 0 Å². The van der Waals surface area contributed by atoms with Crippen molar-refractivity contribution in [3.8, 4) is 11.3 Å². The van der Waals surface area contributed by atoms with Crippen LogP contribution in [0.3, 0.4) is 0 Å². The SMILES string of the molecule is O=C(NCc1ccccc1Cl)c1cn[nH]c1-c1cccc(Br)c1. The molecule has 0 fully saturated rings. The van der Waals surface area contributed by atoms with Gasteiger partial charge in [-0.25, -0.2) is 0 Å². The number of halogens is 2. The van der Waals surface area contributed by atoms with Gasteiger partial charge >= 0.3 is 0 Å². The molecule has 23 heavy (non-hydrogen) atoms. The van der Waals surface area contributed by atoms with Crippen LogP contribution in [-0.4, -0.2) is 16.1 Å². The molecule has 0 bridgehead atoms. The van der Waals surface area contributed by atoms with Crippen LogP contribution in [0, 0.1) is 0 Å². The van der Waals surface area contributed by atoms with E-state index in [1.165, 1.54) is 6.20 Å². The van der Waals surface area contributed by atoms with Crippen molar-refractivity contribution in [1.82, 2.24) is 15.5 Å². The van der Waals surface area contributed by atoms with Crippen molar-refractivity contribution in [2.24, 2.45) is 0 Å². The Labute approximate surface area is 147 Å². The van der Waals surface area contributed by atoms with Gasteiger partial charge in [-0.2, -0.15) is 5.10 Å². The Balaban J connectivity index is 1.79. The summed E-state index contributed by atoms with van der Waals surface area (Å²) in [6.07, 6.45) is 1.53. The Morgan fingerprint density at radius 3 is 2.83 bits per heavy atom. The second-order valence-electron chi connectivity index (χ2n) is 4.94. The molecule has 0 aliphatic carbocycles. The zero-order valence-corrected chi connectivity index (χ0v) is 14.4. The summed E-state index contributed by atoms with van der Waals surface area (Å²) in [5.41, 5.74) is 2.94. The van der Waals surface area contributed by atoms with Crippen molar-refractivity contribution in [2.45, 2.75) is 6.54 Å². The molecule has 0 atom stereocenters. The normalized spacial score (nSPS) is 10.5. The van der Waals surface area contributed by atoms with E-state index in [1.807, 2.05) is 42.5 Å². The van der Waals surface area contributed by atoms with Crippen molar-refractivity contribution < 1.29 is 4.79 Å². The number of benzene rings is 2. The monoisotopic (exact) mass is 389 g/mol. The van der Waals surface area contributed by atoms with Crippen molar-refractivity contribution in [3.05, 3.63) is 75.4 Å². The summed E-state index contributed by atoms with van der Waals surface area (Å²) in [7, 11) is 0. The van der Waals surface area contributed by atoms with Gasteiger partial charge in [0.25, 0.3) is 5.91 Å². The third-order valence-corrected chi connectivity index (χ3v) is 4.26. The van der Waals surface area contributed by atoms with Gasteiger partial charge in [0.2, 0.25) is 0 Å². The molecule has 0 aliphatic rings. The minimum Gasteiger partial charge on any atom is -0.348 e. The number of aromatic nitrogens is 2. The predicted octanol–water partition coefficient (Wildman–Crippen LogP) is 4.42. The number of nitrogens with one attached hydrogen (secondary N) is 2. The molecule has 6 heteroatoms. The third-order valence-electron chi connectivity index (χ3n) is 3.39. The van der Waals surface area contributed by atoms with Gasteiger partial charge in [0, 0.05) is 21.6 Å². The van der Waals surface area contributed by atoms with Crippen molar-refractivity contribution in [1.29, 1.82) is 0 Å². The van der Waals surface area contributed by atoms with Crippen molar-refractivity contribution in [3.63, 3.8) is 0 Å². The lowest BCUT2D eigenvalue weighted by atomic mass is 10.1. The molecule has 2 aromatic carbocycles. The summed E-state index contributed by atoms with van der Waals surface area (Å²) >= 11 is 9.53. The van der Waals surface area contributed by atoms with Crippen LogP contribution >= 0.6 is 27.5 Å². The lowest BCUT2D eigenvalue weighted by molar-refractivity contribution is 0.0951. The lowest BCUT2D eigenvalue weighted by Gasteiger charge is -2.07. The average molecular weight is 391 g/mol. The molecule has 3 rings (SSSR count). The molecule has 0 aliphatic heterocycles. The number of hydrogen-bond acceptors (Lipinski definition) is 2. The first-order valence-electron chi connectivity index (χ1n) is 6.96. The number of aromatic amines is 1. The van der Waals surface area contributed by atoms with Crippen LogP contribution in [0.4, 0.5) is 0 Å². The summed E-state index contributed by atoms with van der Waals surface area (Å²) < 4.78 is 0.937. The van der Waals surface area contributed by atoms with Crippen LogP contribution in [0.1, 0.15) is 15.9 Å². The zero-order chi connectivity index (χ0) is 16.2. The zero-order valence-electron chi connectivity index (χ0n) is 12.0. The van der Waals surface area contributed by atoms with Gasteiger partial charge in [-0.1, -0.05) is 57.9 Å². The predicted molar refractivity (Wildman–Crippen MR) is 94.3 cm³/mol. The molecule has 3 aromatic rings. The van der Waals surface area contributed by atoms with Crippen molar-refractivity contribution >= 4 is 33.4 Å². The van der Waals surface area contributed by atoms with Gasteiger partial charge in [-0.3, -0.25) is 9.89 Å². The number of carbonyl (C=O) groups is 1. The summed E-state index contributed by atoms with van der Waals surface area (Å²) in [4.78, 5) is 12.4. The summed E-state index contributed by atoms with van der Waals surface area (Å²) in [6, 6.07) is 15.1. The fourth-order valence-electron chi connectivity index (χ4n) is 2.23. The molecule has 4 nitrogen and oxygen atoms in total. The Kier molecular flexibility index (Phi) is 4.79. The molecular formula is C17H13BrClN3O. The number of carbonyl (C=O) groups excluding carboxylic acids is 1. The highest BCUT2D eigenvalue weighted by Crippen LogP contribution is 2.24. The van der Waals surface area contributed by atoms with E-state index in [0.29, 0.717) is 22.8 Å². The molecule has 1 amide bonds. The molecule has 0 saturated carbocycles. The van der Waals surface area contributed by atoms with E-state index < -0.39 is 0 Å². The molecule has 0 saturated heterocycles. The first-order valence-corrected chi connectivity index (χ1v) is 8.13. The van der Waals surface area contributed by atoms with Gasteiger partial charge in [-0.15, -0.1) is 0 Å². The van der Waals surface area contributed by atoms with Crippen LogP contribution in [0.25, 0.3) is 11.3 Å². The van der Waals surface area contributed by atoms with Gasteiger partial charge < -0.3 is 5.32 Å². The summed E-state index contributed by atoms with van der Waals surface area (Å²) in [5, 5.41) is 10.4. The molecule has 1 aromatic heterocycles. The summed E-state index contributed by atoms with van der Waals surface area (Å²) in [5.74, 6) is -0.200. The van der Waals surface area contributed by atoms with Gasteiger partial charge in [0.1, 0.15) is 0 Å². The van der Waals surface area contributed by atoms with Crippen LogP contribution in [0.2, 0.25) is 5.02 Å². The molecular weight excluding hydrogens is 378 g/mol. The first kappa shape index (κ1) is 15.8. The fraction of sp³-hybridized carbons (Fsp3) is 0.0588. The second kappa shape index (κ2) is 6.98. The largest absolute Gasteiger partial charge is 0.348 e. The quantitative estimate of drug-likeness (QED) is 0.692. The van der Waals surface area contributed by atoms with Crippen LogP contribution in [0.15, 0.2) is 59.2 Å². The van der Waals surface area contributed by atoms with E-state index >= 15 is 0 Å². The van der Waals surface area contributed by atoms with Crippen LogP contribution < -0.4 is 5.32 Å². The van der Waals surface area contributed by atoms with E-state index in [4.69, 9.17) is 11.6 Å². The van der Waals surface area contributed by atoms with E-state index in [9.17, 15) is 4.79 Å². The van der Waals surface area contributed by atoms with E-state index in [1.54, 1.807) is 6.07 Å². The van der Waals surface area contributed by atoms with E-state index in [0.717, 1.165) is 15.6 Å². The minimum absolute atomic E-state index is 0.200. The smallest absolute Gasteiger partial charge is 0.255 e. The topological polar surface area (TPSA) is 57.8 Å². The highest BCUT2D eigenvalue weighted by molar-refractivity contribution is 9.10. The molecule has 0 radical (unpaired) electrons. The Morgan fingerprint density at radius 1 is 1.22 bits per heavy atom. The van der Waals surface area contributed by atoms with Crippen LogP contribution in [0.5, 0.6) is 0 Å². The van der Waals surface area contributed by atoms with E-state index in [2.05, 4.69) is 31.4 Å². The Hall–Kier alpha value is -2.11. The van der Waals surface area contributed by atoms with Gasteiger partial charge in [-0.05, 0) is 23.8 Å². The number of rotatable bonds is 4. The standard InChI is InChI=1S/C17H13BrClN3O/c18-13-6-3-5-11(8-13)16-14(10-21-22-16)17(23)20-9-12-4-1-2-7-15(12)19/h1-8,10H,9H2,(H,20,23)(H,21,22). The average Bonchev–Trinajstić information content (AvgIpc) is 3.03. The molecule has 116 valence electrons. The third kappa shape index (κ3) is 3.63. The number of H-pyrrole nitrogens is 1. The minimum atomic E-state index is -0.200. The first-order chi connectivity index (χ1) is 11.1. The molecule has 2 N–H and O–H groups in total. The number of amides is 1. The maximum absolute atomic E-state index is 12.4. The molecule has 1 heterocycles. The lowest BCUT2D eigenvalue weighted by Crippen LogP contribution is -2.23. The van der Waals surface area contributed by atoms with E-state index in [-0.39, 0.29) is 5.91 Å². The molecule has 0 unspecified atom stereocenters. The van der Waals surface area contributed by atoms with Crippen molar-refractivity contribution in [2.75, 3.05) is 0 Å². The maximum Gasteiger partial charge on any atom is 0.255 e. The second-order valence-corrected chi connectivity index (χ2v) is 6.27. The van der Waals surface area contributed by atoms with Crippen LogP contribution in [-0.2, 0) is 6.54 Å². The Morgan fingerprint density at radius 2 is 2.04 bits per heavy atom.